The SMILES string of the molecule is C[C@H](C(=O)Nc1ccc(F)cc1)C1(C)CCC(c2ccnc3ccc(F)cc23)CC1. The normalized spacial score (nSPS) is 22.6. The summed E-state index contributed by atoms with van der Waals surface area (Å²) in [5.74, 6) is -0.454. The zero-order valence-electron chi connectivity index (χ0n) is 17.3. The monoisotopic (exact) mass is 408 g/mol. The Morgan fingerprint density at radius 2 is 1.73 bits per heavy atom. The molecule has 0 saturated heterocycles. The molecule has 0 radical (unpaired) electrons. The van der Waals surface area contributed by atoms with Gasteiger partial charge in [-0.2, -0.15) is 0 Å². The summed E-state index contributed by atoms with van der Waals surface area (Å²) in [5.41, 5.74) is 2.45. The number of amides is 1. The lowest BCUT2D eigenvalue weighted by Crippen LogP contribution is -2.37. The van der Waals surface area contributed by atoms with E-state index >= 15 is 0 Å². The smallest absolute Gasteiger partial charge is 0.227 e. The predicted octanol–water partition coefficient (Wildman–Crippen LogP) is 6.45. The van der Waals surface area contributed by atoms with Crippen molar-refractivity contribution in [3.05, 3.63) is 71.9 Å². The van der Waals surface area contributed by atoms with Gasteiger partial charge in [-0.05, 0) is 91.1 Å². The van der Waals surface area contributed by atoms with Crippen molar-refractivity contribution in [1.82, 2.24) is 4.98 Å². The van der Waals surface area contributed by atoms with Crippen LogP contribution in [0.1, 0.15) is 51.0 Å². The van der Waals surface area contributed by atoms with Gasteiger partial charge in [0.25, 0.3) is 0 Å². The summed E-state index contributed by atoms with van der Waals surface area (Å²) < 4.78 is 26.9. The second-order valence-electron chi connectivity index (χ2n) is 8.71. The molecule has 1 aliphatic rings. The Bertz CT molecular complexity index is 1060. The summed E-state index contributed by atoms with van der Waals surface area (Å²) in [6.45, 7) is 4.14. The van der Waals surface area contributed by atoms with Crippen molar-refractivity contribution in [2.75, 3.05) is 5.32 Å². The number of carbonyl (C=O) groups is 1. The van der Waals surface area contributed by atoms with E-state index in [4.69, 9.17) is 0 Å². The highest BCUT2D eigenvalue weighted by molar-refractivity contribution is 5.92. The van der Waals surface area contributed by atoms with Gasteiger partial charge in [-0.25, -0.2) is 8.78 Å². The van der Waals surface area contributed by atoms with Gasteiger partial charge in [0.2, 0.25) is 5.91 Å². The fourth-order valence-corrected chi connectivity index (χ4v) is 4.62. The molecule has 0 unspecified atom stereocenters. The Morgan fingerprint density at radius 1 is 1.07 bits per heavy atom. The van der Waals surface area contributed by atoms with E-state index in [1.807, 2.05) is 13.0 Å². The second kappa shape index (κ2) is 8.13. The van der Waals surface area contributed by atoms with Gasteiger partial charge in [0.15, 0.2) is 0 Å². The molecule has 2 aromatic carbocycles. The van der Waals surface area contributed by atoms with Crippen LogP contribution in [0, 0.1) is 23.0 Å². The van der Waals surface area contributed by atoms with Gasteiger partial charge in [0, 0.05) is 23.2 Å². The third kappa shape index (κ3) is 4.07. The first-order chi connectivity index (χ1) is 14.4. The fourth-order valence-electron chi connectivity index (χ4n) is 4.62. The number of benzene rings is 2. The minimum Gasteiger partial charge on any atom is -0.326 e. The molecule has 1 fully saturated rings. The lowest BCUT2D eigenvalue weighted by Gasteiger charge is -2.41. The van der Waals surface area contributed by atoms with E-state index in [-0.39, 0.29) is 28.9 Å². The zero-order chi connectivity index (χ0) is 21.3. The second-order valence-corrected chi connectivity index (χ2v) is 8.71. The molecule has 1 saturated carbocycles. The van der Waals surface area contributed by atoms with Crippen LogP contribution in [-0.4, -0.2) is 10.9 Å². The highest BCUT2D eigenvalue weighted by Gasteiger charge is 2.39. The maximum Gasteiger partial charge on any atom is 0.227 e. The number of anilines is 1. The molecule has 1 aromatic heterocycles. The highest BCUT2D eigenvalue weighted by atomic mass is 19.1. The third-order valence-electron chi connectivity index (χ3n) is 6.86. The molecule has 1 aliphatic carbocycles. The standard InChI is InChI=1S/C25H26F2N2O/c1-16(24(30)29-20-6-3-18(26)4-7-20)25(2)12-9-17(10-13-25)21-11-14-28-23-8-5-19(27)15-22(21)23/h3-8,11,14-17H,9-10,12-13H2,1-2H3,(H,29,30)/t16-,17?,25?/m1/s1. The van der Waals surface area contributed by atoms with Crippen LogP contribution in [0.5, 0.6) is 0 Å². The first kappa shape index (κ1) is 20.5. The Morgan fingerprint density at radius 3 is 2.43 bits per heavy atom. The van der Waals surface area contributed by atoms with Crippen LogP contribution in [-0.2, 0) is 4.79 Å². The summed E-state index contributed by atoms with van der Waals surface area (Å²) in [6, 6.07) is 12.6. The Hall–Kier alpha value is -2.82. The first-order valence-electron chi connectivity index (χ1n) is 10.5. The number of aromatic nitrogens is 1. The molecule has 1 atom stereocenters. The summed E-state index contributed by atoms with van der Waals surface area (Å²) in [7, 11) is 0. The van der Waals surface area contributed by atoms with Crippen LogP contribution in [0.3, 0.4) is 0 Å². The third-order valence-corrected chi connectivity index (χ3v) is 6.86. The van der Waals surface area contributed by atoms with Crippen LogP contribution in [0.15, 0.2) is 54.7 Å². The van der Waals surface area contributed by atoms with Gasteiger partial charge >= 0.3 is 0 Å². The van der Waals surface area contributed by atoms with E-state index in [1.165, 1.54) is 18.2 Å². The van der Waals surface area contributed by atoms with Gasteiger partial charge in [0.05, 0.1) is 5.52 Å². The molecule has 1 heterocycles. The van der Waals surface area contributed by atoms with E-state index in [2.05, 4.69) is 17.2 Å². The minimum atomic E-state index is -0.324. The van der Waals surface area contributed by atoms with Gasteiger partial charge in [0.1, 0.15) is 11.6 Å². The number of rotatable bonds is 4. The maximum absolute atomic E-state index is 13.8. The molecule has 3 nitrogen and oxygen atoms in total. The zero-order valence-corrected chi connectivity index (χ0v) is 17.3. The molecule has 0 spiro atoms. The molecule has 1 N–H and O–H groups in total. The quantitative estimate of drug-likeness (QED) is 0.539. The van der Waals surface area contributed by atoms with Gasteiger partial charge in [-0.3, -0.25) is 9.78 Å². The molecule has 4 rings (SSSR count). The number of hydrogen-bond donors (Lipinski definition) is 1. The van der Waals surface area contributed by atoms with E-state index in [1.54, 1.807) is 30.5 Å². The largest absolute Gasteiger partial charge is 0.326 e. The van der Waals surface area contributed by atoms with Crippen molar-refractivity contribution in [3.8, 4) is 0 Å². The van der Waals surface area contributed by atoms with Crippen LogP contribution < -0.4 is 5.32 Å². The van der Waals surface area contributed by atoms with Crippen LogP contribution in [0.4, 0.5) is 14.5 Å². The molecule has 5 heteroatoms. The number of hydrogen-bond acceptors (Lipinski definition) is 2. The average molecular weight is 408 g/mol. The Labute approximate surface area is 175 Å². The van der Waals surface area contributed by atoms with E-state index in [0.717, 1.165) is 42.1 Å². The van der Waals surface area contributed by atoms with Crippen molar-refractivity contribution in [1.29, 1.82) is 0 Å². The number of pyridine rings is 1. The topological polar surface area (TPSA) is 42.0 Å². The molecular formula is C25H26F2N2O. The summed E-state index contributed by atoms with van der Waals surface area (Å²) in [6.07, 6.45) is 5.51. The van der Waals surface area contributed by atoms with Crippen molar-refractivity contribution in [3.63, 3.8) is 0 Å². The number of nitrogens with one attached hydrogen (secondary N) is 1. The number of carbonyl (C=O) groups excluding carboxylic acids is 1. The highest BCUT2D eigenvalue weighted by Crippen LogP contribution is 2.48. The lowest BCUT2D eigenvalue weighted by molar-refractivity contribution is -0.123. The Balaban J connectivity index is 1.46. The van der Waals surface area contributed by atoms with E-state index < -0.39 is 0 Å². The van der Waals surface area contributed by atoms with Crippen LogP contribution in [0.2, 0.25) is 0 Å². The van der Waals surface area contributed by atoms with Crippen molar-refractivity contribution in [2.24, 2.45) is 11.3 Å². The molecule has 156 valence electrons. The summed E-state index contributed by atoms with van der Waals surface area (Å²) in [4.78, 5) is 17.2. The van der Waals surface area contributed by atoms with Crippen LogP contribution >= 0.6 is 0 Å². The number of nitrogens with zero attached hydrogens (tertiary/aromatic N) is 1. The van der Waals surface area contributed by atoms with Crippen molar-refractivity contribution in [2.45, 2.75) is 45.4 Å². The maximum atomic E-state index is 13.8. The Kier molecular flexibility index (Phi) is 5.54. The van der Waals surface area contributed by atoms with Gasteiger partial charge in [-0.1, -0.05) is 13.8 Å². The minimum absolute atomic E-state index is 0.0426. The molecule has 0 aliphatic heterocycles. The summed E-state index contributed by atoms with van der Waals surface area (Å²) in [5, 5.41) is 3.79. The lowest BCUT2D eigenvalue weighted by atomic mass is 9.64. The van der Waals surface area contributed by atoms with Gasteiger partial charge < -0.3 is 5.32 Å². The van der Waals surface area contributed by atoms with E-state index in [9.17, 15) is 13.6 Å². The molecule has 0 bridgehead atoms. The number of halogens is 2. The summed E-state index contributed by atoms with van der Waals surface area (Å²) >= 11 is 0. The predicted molar refractivity (Wildman–Crippen MR) is 115 cm³/mol. The number of fused-ring (bicyclic) bond motifs is 1. The molecule has 30 heavy (non-hydrogen) atoms. The fraction of sp³-hybridized carbons (Fsp3) is 0.360. The van der Waals surface area contributed by atoms with E-state index in [0.29, 0.717) is 11.6 Å². The average Bonchev–Trinajstić information content (AvgIpc) is 2.75. The molecule has 3 aromatic rings. The van der Waals surface area contributed by atoms with Crippen molar-refractivity contribution < 1.29 is 13.6 Å². The van der Waals surface area contributed by atoms with Crippen molar-refractivity contribution >= 4 is 22.5 Å². The molecular weight excluding hydrogens is 382 g/mol. The first-order valence-corrected chi connectivity index (χ1v) is 10.5. The van der Waals surface area contributed by atoms with Crippen LogP contribution in [0.25, 0.3) is 10.9 Å². The molecule has 1 amide bonds. The van der Waals surface area contributed by atoms with Gasteiger partial charge in [-0.15, -0.1) is 0 Å².